The van der Waals surface area contributed by atoms with Gasteiger partial charge >= 0.3 is 0 Å². The molecule has 24 heavy (non-hydrogen) atoms. The van der Waals surface area contributed by atoms with Crippen molar-refractivity contribution in [3.8, 4) is 11.8 Å². The highest BCUT2D eigenvalue weighted by Crippen LogP contribution is 2.50. The fourth-order valence-electron chi connectivity index (χ4n) is 4.38. The van der Waals surface area contributed by atoms with E-state index in [9.17, 15) is 15.0 Å². The molecule has 1 unspecified atom stereocenters. The van der Waals surface area contributed by atoms with Gasteiger partial charge in [0.25, 0.3) is 0 Å². The Morgan fingerprint density at radius 2 is 1.96 bits per heavy atom. The maximum Gasteiger partial charge on any atom is 0.139 e. The maximum absolute atomic E-state index is 12.1. The third-order valence-corrected chi connectivity index (χ3v) is 5.60. The number of aliphatic hydroxyl groups is 2. The SMILES string of the molecule is CCC1C(=O)[C@@H]2CC[C@H](O)[C@@H](C#C[C@@](C)(O)Cc3ccccc3)[C@H]12. The van der Waals surface area contributed by atoms with Crippen LogP contribution in [0.15, 0.2) is 30.3 Å². The average Bonchev–Trinajstić information content (AvgIpc) is 2.54. The zero-order valence-corrected chi connectivity index (χ0v) is 14.4. The molecule has 0 bridgehead atoms. The van der Waals surface area contributed by atoms with Crippen molar-refractivity contribution >= 4 is 5.78 Å². The Morgan fingerprint density at radius 3 is 2.62 bits per heavy atom. The van der Waals surface area contributed by atoms with Gasteiger partial charge in [0.1, 0.15) is 11.4 Å². The second-order valence-corrected chi connectivity index (χ2v) is 7.48. The molecule has 2 aliphatic rings. The van der Waals surface area contributed by atoms with Gasteiger partial charge in [0, 0.05) is 18.3 Å². The van der Waals surface area contributed by atoms with Crippen molar-refractivity contribution in [1.29, 1.82) is 0 Å². The molecule has 3 nitrogen and oxygen atoms in total. The van der Waals surface area contributed by atoms with E-state index in [1.54, 1.807) is 6.92 Å². The summed E-state index contributed by atoms with van der Waals surface area (Å²) < 4.78 is 0. The van der Waals surface area contributed by atoms with E-state index in [0.717, 1.165) is 18.4 Å². The molecule has 0 amide bonds. The first kappa shape index (κ1) is 17.2. The number of rotatable bonds is 3. The fraction of sp³-hybridized carbons (Fsp3) is 0.571. The van der Waals surface area contributed by atoms with Crippen LogP contribution in [0.5, 0.6) is 0 Å². The highest BCUT2D eigenvalue weighted by atomic mass is 16.3. The largest absolute Gasteiger partial charge is 0.392 e. The molecule has 0 aromatic heterocycles. The lowest BCUT2D eigenvalue weighted by Gasteiger charge is -2.50. The van der Waals surface area contributed by atoms with Gasteiger partial charge in [-0.05, 0) is 37.7 Å². The van der Waals surface area contributed by atoms with Crippen LogP contribution in [0.3, 0.4) is 0 Å². The molecule has 0 heterocycles. The predicted octanol–water partition coefficient (Wildman–Crippen LogP) is 2.60. The van der Waals surface area contributed by atoms with E-state index in [2.05, 4.69) is 11.8 Å². The number of carbonyl (C=O) groups is 1. The van der Waals surface area contributed by atoms with Gasteiger partial charge in [0.2, 0.25) is 0 Å². The number of fused-ring (bicyclic) bond motifs is 1. The molecule has 0 radical (unpaired) electrons. The number of hydrogen-bond acceptors (Lipinski definition) is 3. The summed E-state index contributed by atoms with van der Waals surface area (Å²) in [5.74, 6) is 6.53. The quantitative estimate of drug-likeness (QED) is 0.840. The van der Waals surface area contributed by atoms with E-state index in [4.69, 9.17) is 0 Å². The second-order valence-electron chi connectivity index (χ2n) is 7.48. The van der Waals surface area contributed by atoms with Crippen molar-refractivity contribution in [1.82, 2.24) is 0 Å². The van der Waals surface area contributed by atoms with Gasteiger partial charge in [-0.2, -0.15) is 0 Å². The third-order valence-electron chi connectivity index (χ3n) is 5.60. The Morgan fingerprint density at radius 1 is 1.25 bits per heavy atom. The van der Waals surface area contributed by atoms with E-state index in [-0.39, 0.29) is 23.7 Å². The summed E-state index contributed by atoms with van der Waals surface area (Å²) in [6.07, 6.45) is 2.18. The zero-order chi connectivity index (χ0) is 17.3. The lowest BCUT2D eigenvalue weighted by atomic mass is 9.52. The van der Waals surface area contributed by atoms with E-state index in [1.807, 2.05) is 37.3 Å². The van der Waals surface area contributed by atoms with Crippen LogP contribution >= 0.6 is 0 Å². The van der Waals surface area contributed by atoms with E-state index in [0.29, 0.717) is 18.6 Å². The van der Waals surface area contributed by atoms with Gasteiger partial charge in [-0.1, -0.05) is 49.1 Å². The second kappa shape index (κ2) is 6.70. The predicted molar refractivity (Wildman–Crippen MR) is 93.0 cm³/mol. The minimum absolute atomic E-state index is 0.0309. The van der Waals surface area contributed by atoms with Gasteiger partial charge < -0.3 is 10.2 Å². The monoisotopic (exact) mass is 326 g/mol. The molecule has 3 heteroatoms. The number of benzene rings is 1. The standard InChI is InChI=1S/C21H26O3/c1-3-15-19-16(18(22)10-9-17(19)20(15)23)11-12-21(2,24)13-14-7-5-4-6-8-14/h4-8,15-19,22,24H,3,9-10,13H2,1-2H3/t15?,16-,17-,18+,19+,21-/m1/s1. The Hall–Kier alpha value is -1.63. The Labute approximate surface area is 144 Å². The van der Waals surface area contributed by atoms with Crippen molar-refractivity contribution in [2.45, 2.75) is 51.2 Å². The van der Waals surface area contributed by atoms with E-state index < -0.39 is 11.7 Å². The first-order chi connectivity index (χ1) is 11.4. The molecule has 1 aromatic rings. The van der Waals surface area contributed by atoms with Crippen molar-refractivity contribution < 1.29 is 15.0 Å². The number of hydrogen-bond donors (Lipinski definition) is 2. The molecule has 2 N–H and O–H groups in total. The minimum Gasteiger partial charge on any atom is -0.392 e. The molecular formula is C21H26O3. The summed E-state index contributed by atoms with van der Waals surface area (Å²) in [5, 5.41) is 21.0. The summed E-state index contributed by atoms with van der Waals surface area (Å²) >= 11 is 0. The molecule has 3 rings (SSSR count). The molecule has 2 fully saturated rings. The maximum atomic E-state index is 12.1. The summed E-state index contributed by atoms with van der Waals surface area (Å²) in [6.45, 7) is 3.73. The Kier molecular flexibility index (Phi) is 4.80. The van der Waals surface area contributed by atoms with Crippen molar-refractivity contribution in [2.75, 3.05) is 0 Å². The third kappa shape index (κ3) is 3.27. The van der Waals surface area contributed by atoms with Gasteiger partial charge in [-0.15, -0.1) is 0 Å². The van der Waals surface area contributed by atoms with Crippen LogP contribution in [-0.2, 0) is 11.2 Å². The average molecular weight is 326 g/mol. The first-order valence-electron chi connectivity index (χ1n) is 8.93. The van der Waals surface area contributed by atoms with Crippen molar-refractivity contribution in [3.63, 3.8) is 0 Å². The number of ketones is 1. The molecule has 128 valence electrons. The van der Waals surface area contributed by atoms with Gasteiger partial charge in [-0.3, -0.25) is 4.79 Å². The van der Waals surface area contributed by atoms with Gasteiger partial charge in [-0.25, -0.2) is 0 Å². The summed E-state index contributed by atoms with van der Waals surface area (Å²) in [6, 6.07) is 9.78. The van der Waals surface area contributed by atoms with Crippen LogP contribution in [0.25, 0.3) is 0 Å². The Balaban J connectivity index is 1.76. The molecule has 0 saturated heterocycles. The number of aliphatic hydroxyl groups excluding tert-OH is 1. The molecule has 1 aromatic carbocycles. The fourth-order valence-corrected chi connectivity index (χ4v) is 4.38. The van der Waals surface area contributed by atoms with Crippen LogP contribution in [0, 0.1) is 35.5 Å². The highest BCUT2D eigenvalue weighted by Gasteiger charge is 2.55. The molecule has 0 aliphatic heterocycles. The smallest absolute Gasteiger partial charge is 0.139 e. The summed E-state index contributed by atoms with van der Waals surface area (Å²) in [4.78, 5) is 12.1. The molecule has 2 aliphatic carbocycles. The Bertz CT molecular complexity index is 645. The van der Waals surface area contributed by atoms with Crippen LogP contribution in [0.4, 0.5) is 0 Å². The van der Waals surface area contributed by atoms with Gasteiger partial charge in [0.15, 0.2) is 0 Å². The van der Waals surface area contributed by atoms with Crippen molar-refractivity contribution in [2.24, 2.45) is 23.7 Å². The lowest BCUT2D eigenvalue weighted by molar-refractivity contribution is -0.153. The van der Waals surface area contributed by atoms with Crippen LogP contribution in [0.1, 0.15) is 38.7 Å². The molecule has 6 atom stereocenters. The lowest BCUT2D eigenvalue weighted by Crippen LogP contribution is -2.56. The van der Waals surface area contributed by atoms with E-state index in [1.165, 1.54) is 0 Å². The minimum atomic E-state index is -1.14. The van der Waals surface area contributed by atoms with E-state index >= 15 is 0 Å². The van der Waals surface area contributed by atoms with Crippen LogP contribution < -0.4 is 0 Å². The normalized spacial score (nSPS) is 34.3. The van der Waals surface area contributed by atoms with Gasteiger partial charge in [0.05, 0.1) is 12.0 Å². The summed E-state index contributed by atoms with van der Waals surface area (Å²) in [5.41, 5.74) is -0.104. The van der Waals surface area contributed by atoms with Crippen LogP contribution in [0.2, 0.25) is 0 Å². The number of carbonyl (C=O) groups excluding carboxylic acids is 1. The topological polar surface area (TPSA) is 57.5 Å². The summed E-state index contributed by atoms with van der Waals surface area (Å²) in [7, 11) is 0. The highest BCUT2D eigenvalue weighted by molar-refractivity contribution is 5.90. The zero-order valence-electron chi connectivity index (χ0n) is 14.4. The molecule has 2 saturated carbocycles. The molecule has 0 spiro atoms. The van der Waals surface area contributed by atoms with Crippen LogP contribution in [-0.4, -0.2) is 27.7 Å². The molecular weight excluding hydrogens is 300 g/mol. The first-order valence-corrected chi connectivity index (χ1v) is 8.93. The van der Waals surface area contributed by atoms with Crippen molar-refractivity contribution in [3.05, 3.63) is 35.9 Å². The number of Topliss-reactive ketones (excluding diaryl/α,β-unsaturated/α-hetero) is 1.